The number of carbonyl (C=O) groups excluding carboxylic acids is 1. The minimum atomic E-state index is -1.05. The minimum absolute atomic E-state index is 0.0922. The topological polar surface area (TPSA) is 72.8 Å². The first kappa shape index (κ1) is 19.8. The highest BCUT2D eigenvalue weighted by molar-refractivity contribution is 5.85. The summed E-state index contributed by atoms with van der Waals surface area (Å²) in [6.07, 6.45) is 2.99. The molecule has 2 rings (SSSR count). The van der Waals surface area contributed by atoms with Crippen LogP contribution in [-0.2, 0) is 4.79 Å². The predicted octanol–water partition coefficient (Wildman–Crippen LogP) is 3.58. The van der Waals surface area contributed by atoms with E-state index < -0.39 is 17.6 Å². The third-order valence-electron chi connectivity index (χ3n) is 2.90. The lowest BCUT2D eigenvalue weighted by atomic mass is 10.2. The molecule has 7 heteroatoms. The van der Waals surface area contributed by atoms with E-state index in [0.29, 0.717) is 17.4 Å². The molecule has 0 atom stereocenters. The maximum absolute atomic E-state index is 12.9. The SMILES string of the molecule is COc1cc(/C=C/C(=O)O)ccc1F.COc1cc(C=O)ccc1F. The summed E-state index contributed by atoms with van der Waals surface area (Å²) in [7, 11) is 2.70. The molecule has 2 aromatic rings. The van der Waals surface area contributed by atoms with Crippen molar-refractivity contribution in [3.8, 4) is 11.5 Å². The Labute approximate surface area is 143 Å². The summed E-state index contributed by atoms with van der Waals surface area (Å²) in [5.41, 5.74) is 0.980. The maximum atomic E-state index is 12.9. The number of ether oxygens (including phenoxy) is 2. The Balaban J connectivity index is 0.000000257. The second kappa shape index (κ2) is 9.82. The van der Waals surface area contributed by atoms with Gasteiger partial charge < -0.3 is 14.6 Å². The van der Waals surface area contributed by atoms with Crippen molar-refractivity contribution in [2.75, 3.05) is 14.2 Å². The van der Waals surface area contributed by atoms with Gasteiger partial charge in [-0.25, -0.2) is 13.6 Å². The van der Waals surface area contributed by atoms with Gasteiger partial charge in [-0.15, -0.1) is 0 Å². The highest BCUT2D eigenvalue weighted by Gasteiger charge is 2.02. The molecule has 25 heavy (non-hydrogen) atoms. The molecule has 0 amide bonds. The monoisotopic (exact) mass is 350 g/mol. The number of hydrogen-bond acceptors (Lipinski definition) is 4. The standard InChI is InChI=1S/C10H9FO3.C8H7FO2/c1-14-9-6-7(2-4-8(9)11)3-5-10(12)13;1-11-8-4-6(5-10)2-3-7(8)9/h2-6H,1H3,(H,12,13);2-5H,1H3/b5-3+;. The summed E-state index contributed by atoms with van der Waals surface area (Å²) >= 11 is 0. The molecule has 0 saturated carbocycles. The molecule has 132 valence electrons. The number of rotatable bonds is 5. The first-order valence-corrected chi connectivity index (χ1v) is 6.94. The molecular weight excluding hydrogens is 334 g/mol. The van der Waals surface area contributed by atoms with Crippen molar-refractivity contribution in [1.82, 2.24) is 0 Å². The van der Waals surface area contributed by atoms with Gasteiger partial charge >= 0.3 is 5.97 Å². The second-order valence-corrected chi connectivity index (χ2v) is 4.58. The van der Waals surface area contributed by atoms with Crippen LogP contribution in [0.4, 0.5) is 8.78 Å². The summed E-state index contributed by atoms with van der Waals surface area (Å²) in [6, 6.07) is 8.06. The number of hydrogen-bond donors (Lipinski definition) is 1. The van der Waals surface area contributed by atoms with Gasteiger partial charge in [-0.05, 0) is 42.0 Å². The highest BCUT2D eigenvalue weighted by Crippen LogP contribution is 2.19. The van der Waals surface area contributed by atoms with E-state index in [1.54, 1.807) is 0 Å². The fourth-order valence-electron chi connectivity index (χ4n) is 1.70. The lowest BCUT2D eigenvalue weighted by Crippen LogP contribution is -1.89. The van der Waals surface area contributed by atoms with Crippen LogP contribution in [0, 0.1) is 11.6 Å². The Morgan fingerprint density at radius 3 is 1.88 bits per heavy atom. The van der Waals surface area contributed by atoms with Gasteiger partial charge in [0.25, 0.3) is 0 Å². The van der Waals surface area contributed by atoms with Crippen LogP contribution < -0.4 is 9.47 Å². The van der Waals surface area contributed by atoms with Crippen LogP contribution in [0.15, 0.2) is 42.5 Å². The number of halogens is 2. The van der Waals surface area contributed by atoms with E-state index in [1.807, 2.05) is 0 Å². The summed E-state index contributed by atoms with van der Waals surface area (Å²) in [5.74, 6) is -1.79. The average Bonchev–Trinajstić information content (AvgIpc) is 2.62. The van der Waals surface area contributed by atoms with E-state index in [4.69, 9.17) is 9.84 Å². The Bertz CT molecular complexity index is 772. The van der Waals surface area contributed by atoms with E-state index in [2.05, 4.69) is 4.74 Å². The van der Waals surface area contributed by atoms with Gasteiger partial charge in [-0.1, -0.05) is 6.07 Å². The zero-order chi connectivity index (χ0) is 18.8. The fourth-order valence-corrected chi connectivity index (χ4v) is 1.70. The van der Waals surface area contributed by atoms with Gasteiger partial charge in [0.2, 0.25) is 0 Å². The normalized spacial score (nSPS) is 9.92. The predicted molar refractivity (Wildman–Crippen MR) is 88.0 cm³/mol. The first-order valence-electron chi connectivity index (χ1n) is 6.94. The van der Waals surface area contributed by atoms with Crippen LogP contribution in [-0.4, -0.2) is 31.6 Å². The van der Waals surface area contributed by atoms with Crippen LogP contribution in [0.3, 0.4) is 0 Å². The lowest BCUT2D eigenvalue weighted by Gasteiger charge is -2.01. The van der Waals surface area contributed by atoms with Crippen LogP contribution in [0.2, 0.25) is 0 Å². The fraction of sp³-hybridized carbons (Fsp3) is 0.111. The minimum Gasteiger partial charge on any atom is -0.494 e. The number of benzene rings is 2. The Morgan fingerprint density at radius 1 is 0.960 bits per heavy atom. The summed E-state index contributed by atoms with van der Waals surface area (Å²) in [6.45, 7) is 0. The van der Waals surface area contributed by atoms with Crippen molar-refractivity contribution in [3.63, 3.8) is 0 Å². The molecule has 0 aliphatic carbocycles. The van der Waals surface area contributed by atoms with Crippen LogP contribution in [0.1, 0.15) is 15.9 Å². The van der Waals surface area contributed by atoms with Crippen LogP contribution in [0.25, 0.3) is 6.08 Å². The zero-order valence-corrected chi connectivity index (χ0v) is 13.5. The van der Waals surface area contributed by atoms with Gasteiger partial charge in [-0.3, -0.25) is 4.79 Å². The number of carboxylic acid groups (broad SMARTS) is 1. The largest absolute Gasteiger partial charge is 0.494 e. The molecule has 0 aromatic heterocycles. The van der Waals surface area contributed by atoms with Crippen molar-refractivity contribution in [3.05, 3.63) is 65.2 Å². The smallest absolute Gasteiger partial charge is 0.328 e. The number of methoxy groups -OCH3 is 2. The van der Waals surface area contributed by atoms with E-state index in [9.17, 15) is 18.4 Å². The molecule has 0 aliphatic rings. The van der Waals surface area contributed by atoms with Gasteiger partial charge in [0.1, 0.15) is 6.29 Å². The quantitative estimate of drug-likeness (QED) is 0.659. The average molecular weight is 350 g/mol. The molecule has 0 heterocycles. The molecule has 0 fully saturated rings. The van der Waals surface area contributed by atoms with Gasteiger partial charge in [0, 0.05) is 11.6 Å². The molecule has 0 unspecified atom stereocenters. The van der Waals surface area contributed by atoms with Gasteiger partial charge in [-0.2, -0.15) is 0 Å². The molecule has 0 spiro atoms. The first-order chi connectivity index (χ1) is 11.9. The van der Waals surface area contributed by atoms with Crippen LogP contribution in [0.5, 0.6) is 11.5 Å². The number of carboxylic acids is 1. The van der Waals surface area contributed by atoms with Gasteiger partial charge in [0.05, 0.1) is 14.2 Å². The van der Waals surface area contributed by atoms with Crippen molar-refractivity contribution < 1.29 is 33.0 Å². The van der Waals surface area contributed by atoms with Crippen LogP contribution >= 0.6 is 0 Å². The van der Waals surface area contributed by atoms with E-state index >= 15 is 0 Å². The second-order valence-electron chi connectivity index (χ2n) is 4.58. The Morgan fingerprint density at radius 2 is 1.44 bits per heavy atom. The number of aldehydes is 1. The summed E-state index contributed by atoms with van der Waals surface area (Å²) in [5, 5.41) is 8.36. The molecule has 0 saturated heterocycles. The highest BCUT2D eigenvalue weighted by atomic mass is 19.1. The number of carbonyl (C=O) groups is 2. The molecule has 1 N–H and O–H groups in total. The molecular formula is C18H16F2O5. The van der Waals surface area contributed by atoms with E-state index in [-0.39, 0.29) is 11.5 Å². The van der Waals surface area contributed by atoms with E-state index in [1.165, 1.54) is 56.7 Å². The molecule has 5 nitrogen and oxygen atoms in total. The molecule has 2 aromatic carbocycles. The Kier molecular flexibility index (Phi) is 7.78. The number of aliphatic carboxylic acids is 1. The lowest BCUT2D eigenvalue weighted by molar-refractivity contribution is -0.131. The van der Waals surface area contributed by atoms with Crippen molar-refractivity contribution in [1.29, 1.82) is 0 Å². The zero-order valence-electron chi connectivity index (χ0n) is 13.5. The maximum Gasteiger partial charge on any atom is 0.328 e. The van der Waals surface area contributed by atoms with Crippen molar-refractivity contribution >= 4 is 18.3 Å². The molecule has 0 radical (unpaired) electrons. The third kappa shape index (κ3) is 6.42. The third-order valence-corrected chi connectivity index (χ3v) is 2.90. The van der Waals surface area contributed by atoms with Crippen molar-refractivity contribution in [2.24, 2.45) is 0 Å². The summed E-state index contributed by atoms with van der Waals surface area (Å²) in [4.78, 5) is 20.4. The summed E-state index contributed by atoms with van der Waals surface area (Å²) < 4.78 is 35.0. The van der Waals surface area contributed by atoms with E-state index in [0.717, 1.165) is 6.08 Å². The molecule has 0 aliphatic heterocycles. The van der Waals surface area contributed by atoms with Crippen molar-refractivity contribution in [2.45, 2.75) is 0 Å². The Hall–Kier alpha value is -3.22. The van der Waals surface area contributed by atoms with Gasteiger partial charge in [0.15, 0.2) is 23.1 Å². The molecule has 0 bridgehead atoms.